The van der Waals surface area contributed by atoms with E-state index in [0.717, 1.165) is 5.56 Å². The standard InChI is InChI=1S/C21H30O7/c1-3-8-18(22)25-14-17-21(26-13-15-10-6-5-7-11-15)16(12-20(24)28-17)27-19(23)9-4-2/h5-7,10-11,16-17,20-21,24H,3-4,8-9,12-14H2,1-2H3/t16-,17-,20?,21+/m1/s1. The van der Waals surface area contributed by atoms with Crippen molar-refractivity contribution >= 4 is 11.9 Å². The number of hydrogen-bond acceptors (Lipinski definition) is 7. The molecule has 7 nitrogen and oxygen atoms in total. The largest absolute Gasteiger partial charge is 0.463 e. The third-order valence-electron chi connectivity index (χ3n) is 4.38. The van der Waals surface area contributed by atoms with E-state index < -0.39 is 24.6 Å². The Hall–Kier alpha value is -1.96. The lowest BCUT2D eigenvalue weighted by molar-refractivity contribution is -0.259. The molecule has 1 aromatic carbocycles. The SMILES string of the molecule is CCCC(=O)OC[C@H]1OC(O)C[C@@H](OC(=O)CCC)[C@@H]1OCc1ccccc1. The van der Waals surface area contributed by atoms with Crippen LogP contribution in [0.1, 0.15) is 51.5 Å². The highest BCUT2D eigenvalue weighted by Crippen LogP contribution is 2.26. The normalized spacial score (nSPS) is 24.5. The highest BCUT2D eigenvalue weighted by Gasteiger charge is 2.42. The Morgan fingerprint density at radius 1 is 1.11 bits per heavy atom. The average molecular weight is 394 g/mol. The lowest BCUT2D eigenvalue weighted by Crippen LogP contribution is -2.53. The molecule has 0 radical (unpaired) electrons. The van der Waals surface area contributed by atoms with Gasteiger partial charge in [-0.1, -0.05) is 44.2 Å². The number of ether oxygens (including phenoxy) is 4. The quantitative estimate of drug-likeness (QED) is 0.610. The Kier molecular flexibility index (Phi) is 9.40. The van der Waals surface area contributed by atoms with Crippen LogP contribution in [0.15, 0.2) is 30.3 Å². The fourth-order valence-corrected chi connectivity index (χ4v) is 3.02. The van der Waals surface area contributed by atoms with Crippen LogP contribution in [0.3, 0.4) is 0 Å². The predicted molar refractivity (Wildman–Crippen MR) is 101 cm³/mol. The van der Waals surface area contributed by atoms with Gasteiger partial charge in [0.2, 0.25) is 0 Å². The molecule has 156 valence electrons. The van der Waals surface area contributed by atoms with Gasteiger partial charge < -0.3 is 24.1 Å². The number of hydrogen-bond donors (Lipinski definition) is 1. The molecule has 0 aromatic heterocycles. The number of aliphatic hydroxyl groups is 1. The van der Waals surface area contributed by atoms with Crippen LogP contribution in [0.5, 0.6) is 0 Å². The van der Waals surface area contributed by atoms with Crippen molar-refractivity contribution in [2.75, 3.05) is 6.61 Å². The molecule has 0 saturated carbocycles. The van der Waals surface area contributed by atoms with Crippen LogP contribution in [0.4, 0.5) is 0 Å². The molecule has 1 heterocycles. The Morgan fingerprint density at radius 2 is 1.79 bits per heavy atom. The molecule has 0 aliphatic carbocycles. The predicted octanol–water partition coefficient (Wildman–Crippen LogP) is 2.73. The topological polar surface area (TPSA) is 91.3 Å². The van der Waals surface area contributed by atoms with Crippen molar-refractivity contribution in [2.24, 2.45) is 0 Å². The van der Waals surface area contributed by atoms with Gasteiger partial charge in [0.1, 0.15) is 24.9 Å². The Morgan fingerprint density at radius 3 is 2.46 bits per heavy atom. The van der Waals surface area contributed by atoms with E-state index in [1.54, 1.807) is 0 Å². The lowest BCUT2D eigenvalue weighted by Gasteiger charge is -2.39. The molecule has 0 bridgehead atoms. The van der Waals surface area contributed by atoms with E-state index >= 15 is 0 Å². The van der Waals surface area contributed by atoms with Gasteiger partial charge in [0, 0.05) is 19.3 Å². The summed E-state index contributed by atoms with van der Waals surface area (Å²) in [5.41, 5.74) is 0.953. The maximum absolute atomic E-state index is 12.0. The maximum Gasteiger partial charge on any atom is 0.306 e. The summed E-state index contributed by atoms with van der Waals surface area (Å²) >= 11 is 0. The highest BCUT2D eigenvalue weighted by atomic mass is 16.7. The summed E-state index contributed by atoms with van der Waals surface area (Å²) in [7, 11) is 0. The van der Waals surface area contributed by atoms with Crippen LogP contribution < -0.4 is 0 Å². The van der Waals surface area contributed by atoms with Crippen LogP contribution in [0, 0.1) is 0 Å². The van der Waals surface area contributed by atoms with E-state index in [2.05, 4.69) is 0 Å². The fraction of sp³-hybridized carbons (Fsp3) is 0.619. The monoisotopic (exact) mass is 394 g/mol. The van der Waals surface area contributed by atoms with Crippen LogP contribution in [-0.2, 0) is 35.1 Å². The van der Waals surface area contributed by atoms with Crippen molar-refractivity contribution in [3.8, 4) is 0 Å². The second-order valence-corrected chi connectivity index (χ2v) is 6.84. The minimum atomic E-state index is -1.12. The molecule has 1 N–H and O–H groups in total. The Bertz CT molecular complexity index is 604. The minimum absolute atomic E-state index is 0.0722. The highest BCUT2D eigenvalue weighted by molar-refractivity contribution is 5.69. The van der Waals surface area contributed by atoms with Crippen LogP contribution in [0.25, 0.3) is 0 Å². The summed E-state index contributed by atoms with van der Waals surface area (Å²) in [6.07, 6.45) is -1.14. The van der Waals surface area contributed by atoms with Crippen LogP contribution in [-0.4, -0.2) is 48.3 Å². The van der Waals surface area contributed by atoms with Gasteiger partial charge in [-0.05, 0) is 18.4 Å². The molecule has 1 aliphatic rings. The molecule has 0 spiro atoms. The van der Waals surface area contributed by atoms with Gasteiger partial charge in [-0.3, -0.25) is 9.59 Å². The molecule has 1 aromatic rings. The van der Waals surface area contributed by atoms with Gasteiger partial charge in [-0.15, -0.1) is 0 Å². The number of rotatable bonds is 10. The summed E-state index contributed by atoms with van der Waals surface area (Å²) in [5, 5.41) is 10.1. The number of carbonyl (C=O) groups is 2. The van der Waals surface area contributed by atoms with Crippen molar-refractivity contribution in [3.05, 3.63) is 35.9 Å². The van der Waals surface area contributed by atoms with E-state index in [0.29, 0.717) is 19.3 Å². The first-order chi connectivity index (χ1) is 13.5. The molecule has 7 heteroatoms. The van der Waals surface area contributed by atoms with Crippen molar-refractivity contribution in [1.82, 2.24) is 0 Å². The molecule has 1 saturated heterocycles. The van der Waals surface area contributed by atoms with Crippen molar-refractivity contribution in [2.45, 2.75) is 77.2 Å². The van der Waals surface area contributed by atoms with Crippen molar-refractivity contribution in [3.63, 3.8) is 0 Å². The summed E-state index contributed by atoms with van der Waals surface area (Å²) in [5.74, 6) is -0.691. The summed E-state index contributed by atoms with van der Waals surface area (Å²) in [6.45, 7) is 3.99. The van der Waals surface area contributed by atoms with Gasteiger partial charge in [-0.2, -0.15) is 0 Å². The smallest absolute Gasteiger partial charge is 0.306 e. The zero-order valence-electron chi connectivity index (χ0n) is 16.5. The summed E-state index contributed by atoms with van der Waals surface area (Å²) in [6, 6.07) is 9.57. The van der Waals surface area contributed by atoms with E-state index in [1.165, 1.54) is 0 Å². The summed E-state index contributed by atoms with van der Waals surface area (Å²) in [4.78, 5) is 23.7. The molecular formula is C21H30O7. The first-order valence-electron chi connectivity index (χ1n) is 9.87. The second kappa shape index (κ2) is 11.8. The molecule has 1 fully saturated rings. The average Bonchev–Trinajstić information content (AvgIpc) is 2.66. The minimum Gasteiger partial charge on any atom is -0.463 e. The van der Waals surface area contributed by atoms with Gasteiger partial charge in [0.05, 0.1) is 6.61 Å². The van der Waals surface area contributed by atoms with Crippen LogP contribution >= 0.6 is 0 Å². The molecule has 28 heavy (non-hydrogen) atoms. The number of esters is 2. The van der Waals surface area contributed by atoms with Gasteiger partial charge in [-0.25, -0.2) is 0 Å². The van der Waals surface area contributed by atoms with Gasteiger partial charge in [0.25, 0.3) is 0 Å². The number of benzene rings is 1. The zero-order chi connectivity index (χ0) is 20.4. The van der Waals surface area contributed by atoms with Crippen molar-refractivity contribution < 1.29 is 33.6 Å². The lowest BCUT2D eigenvalue weighted by atomic mass is 10.0. The van der Waals surface area contributed by atoms with E-state index in [4.69, 9.17) is 18.9 Å². The molecule has 1 unspecified atom stereocenters. The third-order valence-corrected chi connectivity index (χ3v) is 4.38. The first kappa shape index (κ1) is 22.3. The molecule has 4 atom stereocenters. The Labute approximate surface area is 165 Å². The van der Waals surface area contributed by atoms with Crippen LogP contribution in [0.2, 0.25) is 0 Å². The van der Waals surface area contributed by atoms with Gasteiger partial charge in [0.15, 0.2) is 6.29 Å². The van der Waals surface area contributed by atoms with E-state index in [-0.39, 0.29) is 38.0 Å². The molecule has 2 rings (SSSR count). The molecular weight excluding hydrogens is 364 g/mol. The number of aliphatic hydroxyl groups excluding tert-OH is 1. The maximum atomic E-state index is 12.0. The van der Waals surface area contributed by atoms with E-state index in [9.17, 15) is 14.7 Å². The first-order valence-corrected chi connectivity index (χ1v) is 9.87. The zero-order valence-corrected chi connectivity index (χ0v) is 16.5. The fourth-order valence-electron chi connectivity index (χ4n) is 3.02. The third kappa shape index (κ3) is 7.22. The van der Waals surface area contributed by atoms with Crippen molar-refractivity contribution in [1.29, 1.82) is 0 Å². The second-order valence-electron chi connectivity index (χ2n) is 6.84. The summed E-state index contributed by atoms with van der Waals surface area (Å²) < 4.78 is 22.4. The number of carbonyl (C=O) groups excluding carboxylic acids is 2. The van der Waals surface area contributed by atoms with Gasteiger partial charge >= 0.3 is 11.9 Å². The molecule has 0 amide bonds. The Balaban J connectivity index is 2.08. The van der Waals surface area contributed by atoms with E-state index in [1.807, 2.05) is 44.2 Å². The molecule has 1 aliphatic heterocycles.